The molecule has 5 rings (SSSR count). The van der Waals surface area contributed by atoms with Gasteiger partial charge in [0.2, 0.25) is 10.0 Å². The first-order chi connectivity index (χ1) is 25.3. The standard InChI is InChI=1S/C22H28N4O6S.C16H25N3O2/c1-22(2,3)32-21(27)23-19-14-25(13-16-7-5-4-6-8-16)15-20(19)24-33(30,31)18-11-9-17(10-12-18)26(28)29;1-16(2,3)21-15(20)18-14-11-19(10-13(14)17)9-12-7-5-4-6-8-12/h4-12,19-20,24H,13-15H2,1-3H3,(H,23,27);4-8,13-14H,9-11,17H2,1-3H3,(H,18,20)/t19-,20-;13-,14-/m11/s1. The number of rotatable bonds is 10. The molecule has 2 heterocycles. The third kappa shape index (κ3) is 13.7. The summed E-state index contributed by atoms with van der Waals surface area (Å²) >= 11 is 0. The van der Waals surface area contributed by atoms with Gasteiger partial charge in [-0.15, -0.1) is 0 Å². The van der Waals surface area contributed by atoms with Gasteiger partial charge in [0.15, 0.2) is 0 Å². The third-order valence-electron chi connectivity index (χ3n) is 8.40. The highest BCUT2D eigenvalue weighted by Gasteiger charge is 2.38. The Hall–Kier alpha value is -4.61. The molecule has 2 fully saturated rings. The van der Waals surface area contributed by atoms with Crippen LogP contribution in [0.25, 0.3) is 0 Å². The molecule has 3 aromatic rings. The minimum Gasteiger partial charge on any atom is -0.444 e. The maximum absolute atomic E-state index is 13.0. The molecule has 2 amide bonds. The van der Waals surface area contributed by atoms with Crippen LogP contribution < -0.4 is 21.1 Å². The minimum atomic E-state index is -3.98. The predicted octanol–water partition coefficient (Wildman–Crippen LogP) is 4.37. The second-order valence-corrected chi connectivity index (χ2v) is 17.2. The molecule has 54 heavy (non-hydrogen) atoms. The molecule has 2 aliphatic heterocycles. The quantitative estimate of drug-likeness (QED) is 0.169. The zero-order valence-electron chi connectivity index (χ0n) is 31.7. The van der Waals surface area contributed by atoms with Crippen LogP contribution >= 0.6 is 0 Å². The molecule has 0 unspecified atom stereocenters. The molecule has 0 spiro atoms. The number of nitro groups is 1. The maximum Gasteiger partial charge on any atom is 0.407 e. The summed E-state index contributed by atoms with van der Waals surface area (Å²) in [6, 6.07) is 23.4. The van der Waals surface area contributed by atoms with Crippen LogP contribution in [0.4, 0.5) is 15.3 Å². The van der Waals surface area contributed by atoms with Crippen LogP contribution in [-0.4, -0.2) is 96.9 Å². The van der Waals surface area contributed by atoms with Crippen LogP contribution in [0.3, 0.4) is 0 Å². The second kappa shape index (κ2) is 18.1. The fraction of sp³-hybridized carbons (Fsp3) is 0.474. The average molecular weight is 768 g/mol. The molecular formula is C38H53N7O8S. The van der Waals surface area contributed by atoms with Crippen molar-refractivity contribution in [1.29, 1.82) is 0 Å². The lowest BCUT2D eigenvalue weighted by atomic mass is 10.2. The van der Waals surface area contributed by atoms with E-state index in [0.29, 0.717) is 19.6 Å². The molecule has 0 aliphatic carbocycles. The number of ether oxygens (including phenoxy) is 2. The predicted molar refractivity (Wildman–Crippen MR) is 205 cm³/mol. The number of likely N-dealkylation sites (tertiary alicyclic amines) is 2. The number of nitrogens with one attached hydrogen (secondary N) is 3. The summed E-state index contributed by atoms with van der Waals surface area (Å²) < 4.78 is 39.2. The van der Waals surface area contributed by atoms with Crippen LogP contribution in [0.2, 0.25) is 0 Å². The molecular weight excluding hydrogens is 715 g/mol. The van der Waals surface area contributed by atoms with Crippen molar-refractivity contribution in [3.05, 3.63) is 106 Å². The Morgan fingerprint density at radius 2 is 1.15 bits per heavy atom. The van der Waals surface area contributed by atoms with Gasteiger partial charge in [0.05, 0.1) is 27.9 Å². The van der Waals surface area contributed by atoms with E-state index in [1.54, 1.807) is 20.8 Å². The molecule has 0 radical (unpaired) electrons. The number of nitrogens with two attached hydrogens (primary N) is 1. The van der Waals surface area contributed by atoms with E-state index in [1.165, 1.54) is 17.7 Å². The van der Waals surface area contributed by atoms with E-state index in [0.717, 1.165) is 37.3 Å². The summed E-state index contributed by atoms with van der Waals surface area (Å²) in [4.78, 5) is 38.6. The van der Waals surface area contributed by atoms with Gasteiger partial charge in [0.25, 0.3) is 5.69 Å². The second-order valence-electron chi connectivity index (χ2n) is 15.5. The Bertz CT molecular complexity index is 1800. The summed E-state index contributed by atoms with van der Waals surface area (Å²) in [6.07, 6.45) is -1.03. The van der Waals surface area contributed by atoms with Crippen LogP contribution in [0, 0.1) is 10.1 Å². The van der Waals surface area contributed by atoms with Gasteiger partial charge in [-0.2, -0.15) is 0 Å². The summed E-state index contributed by atoms with van der Waals surface area (Å²) in [5.41, 5.74) is 7.05. The fourth-order valence-electron chi connectivity index (χ4n) is 6.09. The van der Waals surface area contributed by atoms with E-state index in [2.05, 4.69) is 32.4 Å². The SMILES string of the molecule is CC(C)(C)OC(=O)N[C@@H]1CN(Cc2ccccc2)C[C@H]1N.CC(C)(C)OC(=O)N[C@@H]1CN(Cc2ccccc2)C[C@H]1NS(=O)(=O)c1ccc([N+](=O)[O-])cc1. The molecule has 5 N–H and O–H groups in total. The van der Waals surface area contributed by atoms with Crippen LogP contribution in [0.15, 0.2) is 89.8 Å². The van der Waals surface area contributed by atoms with Gasteiger partial charge in [-0.25, -0.2) is 22.7 Å². The Morgan fingerprint density at radius 3 is 1.61 bits per heavy atom. The molecule has 15 nitrogen and oxygen atoms in total. The van der Waals surface area contributed by atoms with Gasteiger partial charge in [-0.1, -0.05) is 60.7 Å². The van der Waals surface area contributed by atoms with E-state index in [-0.39, 0.29) is 22.7 Å². The fourth-order valence-corrected chi connectivity index (χ4v) is 7.36. The van der Waals surface area contributed by atoms with Crippen LogP contribution in [-0.2, 0) is 32.6 Å². The van der Waals surface area contributed by atoms with Crippen molar-refractivity contribution < 1.29 is 32.4 Å². The Labute approximate surface area is 317 Å². The lowest BCUT2D eigenvalue weighted by molar-refractivity contribution is -0.384. The zero-order chi connectivity index (χ0) is 39.7. The summed E-state index contributed by atoms with van der Waals surface area (Å²) in [6.45, 7) is 14.5. The number of alkyl carbamates (subject to hydrolysis) is 2. The number of carbonyl (C=O) groups excluding carboxylic acids is 2. The molecule has 0 saturated carbocycles. The van der Waals surface area contributed by atoms with Gasteiger partial charge in [-0.05, 0) is 64.8 Å². The van der Waals surface area contributed by atoms with E-state index < -0.39 is 50.4 Å². The number of benzene rings is 3. The van der Waals surface area contributed by atoms with Gasteiger partial charge in [0.1, 0.15) is 11.2 Å². The zero-order valence-corrected chi connectivity index (χ0v) is 32.5. The number of nitrogens with zero attached hydrogens (tertiary/aromatic N) is 3. The number of nitro benzene ring substituents is 1. The number of sulfonamides is 1. The number of carbonyl (C=O) groups is 2. The maximum atomic E-state index is 13.0. The minimum absolute atomic E-state index is 0.0661. The number of amides is 2. The highest BCUT2D eigenvalue weighted by Crippen LogP contribution is 2.21. The Balaban J connectivity index is 0.000000266. The van der Waals surface area contributed by atoms with Crippen molar-refractivity contribution in [2.45, 2.75) is 94.9 Å². The molecule has 2 saturated heterocycles. The lowest BCUT2D eigenvalue weighted by Crippen LogP contribution is -2.51. The number of hydrogen-bond acceptors (Lipinski definition) is 11. The molecule has 294 valence electrons. The van der Waals surface area contributed by atoms with Gasteiger partial charge in [0, 0.05) is 57.4 Å². The van der Waals surface area contributed by atoms with Crippen LogP contribution in [0.5, 0.6) is 0 Å². The molecule has 16 heteroatoms. The Kier molecular flexibility index (Phi) is 14.2. The van der Waals surface area contributed by atoms with Crippen molar-refractivity contribution in [3.63, 3.8) is 0 Å². The van der Waals surface area contributed by atoms with E-state index >= 15 is 0 Å². The largest absolute Gasteiger partial charge is 0.444 e. The molecule has 2 aliphatic rings. The molecule has 4 atom stereocenters. The number of non-ortho nitro benzene ring substituents is 1. The molecule has 0 aromatic heterocycles. The van der Waals surface area contributed by atoms with Gasteiger partial charge < -0.3 is 25.8 Å². The highest BCUT2D eigenvalue weighted by atomic mass is 32.2. The summed E-state index contributed by atoms with van der Waals surface area (Å²) in [5, 5.41) is 16.5. The highest BCUT2D eigenvalue weighted by molar-refractivity contribution is 7.89. The number of hydrogen-bond donors (Lipinski definition) is 4. The molecule has 3 aromatic carbocycles. The van der Waals surface area contributed by atoms with Crippen LogP contribution in [0.1, 0.15) is 52.7 Å². The van der Waals surface area contributed by atoms with Crippen molar-refractivity contribution in [3.8, 4) is 0 Å². The van der Waals surface area contributed by atoms with Gasteiger partial charge >= 0.3 is 12.2 Å². The first-order valence-corrected chi connectivity index (χ1v) is 19.3. The summed E-state index contributed by atoms with van der Waals surface area (Å²) in [5.74, 6) is 0. The normalized spacial score (nSPS) is 20.7. The van der Waals surface area contributed by atoms with Crippen molar-refractivity contribution in [2.75, 3.05) is 26.2 Å². The monoisotopic (exact) mass is 767 g/mol. The van der Waals surface area contributed by atoms with Crippen molar-refractivity contribution >= 4 is 27.9 Å². The Morgan fingerprint density at radius 1 is 0.722 bits per heavy atom. The van der Waals surface area contributed by atoms with Crippen molar-refractivity contribution in [1.82, 2.24) is 25.2 Å². The topological polar surface area (TPSA) is 198 Å². The third-order valence-corrected chi connectivity index (χ3v) is 9.91. The summed E-state index contributed by atoms with van der Waals surface area (Å²) in [7, 11) is -3.98. The lowest BCUT2D eigenvalue weighted by Gasteiger charge is -2.24. The van der Waals surface area contributed by atoms with Crippen molar-refractivity contribution in [2.24, 2.45) is 5.73 Å². The van der Waals surface area contributed by atoms with E-state index in [9.17, 15) is 28.1 Å². The first kappa shape index (κ1) is 42.1. The first-order valence-electron chi connectivity index (χ1n) is 17.8. The average Bonchev–Trinajstić information content (AvgIpc) is 3.60. The van der Waals surface area contributed by atoms with E-state index in [4.69, 9.17) is 15.2 Å². The van der Waals surface area contributed by atoms with E-state index in [1.807, 2.05) is 74.2 Å². The van der Waals surface area contributed by atoms with Gasteiger partial charge in [-0.3, -0.25) is 19.9 Å². The smallest absolute Gasteiger partial charge is 0.407 e. The molecule has 0 bridgehead atoms.